The van der Waals surface area contributed by atoms with E-state index in [1.807, 2.05) is 30.3 Å². The van der Waals surface area contributed by atoms with Crippen LogP contribution in [0.15, 0.2) is 30.3 Å². The average Bonchev–Trinajstić information content (AvgIpc) is 2.39. The topological polar surface area (TPSA) is 44.8 Å². The smallest absolute Gasteiger partial charge is 0.275 e. The highest BCUT2D eigenvalue weighted by Crippen LogP contribution is 2.31. The monoisotopic (exact) mass is 227 g/mol. The fraction of sp³-hybridized carbons (Fsp3) is 0.357. The van der Waals surface area contributed by atoms with E-state index >= 15 is 0 Å². The molecule has 0 bridgehead atoms. The third kappa shape index (κ3) is 1.98. The Kier molecular flexibility index (Phi) is 2.69. The van der Waals surface area contributed by atoms with Crippen LogP contribution in [0, 0.1) is 0 Å². The van der Waals surface area contributed by atoms with Crippen molar-refractivity contribution in [1.82, 2.24) is 10.3 Å². The summed E-state index contributed by atoms with van der Waals surface area (Å²) in [5.41, 5.74) is 1.61. The Morgan fingerprint density at radius 3 is 2.94 bits per heavy atom. The van der Waals surface area contributed by atoms with Gasteiger partial charge in [-0.3, -0.25) is 5.11 Å². The maximum atomic E-state index is 12.0. The van der Waals surface area contributed by atoms with Gasteiger partial charge in [-0.05, 0) is 31.5 Å². The molecule has 2 aromatic rings. The molecule has 1 aromatic heterocycles. The molecule has 1 atom stereocenters. The number of hydrogen-bond donors (Lipinski definition) is 1. The van der Waals surface area contributed by atoms with Crippen LogP contribution in [-0.4, -0.2) is 11.5 Å². The van der Waals surface area contributed by atoms with Crippen molar-refractivity contribution in [2.75, 3.05) is 6.54 Å². The molecule has 3 rings (SSSR count). The molecular formula is C14H15N2O. The Morgan fingerprint density at radius 1 is 1.24 bits per heavy atom. The third-order valence-corrected chi connectivity index (χ3v) is 3.40. The van der Waals surface area contributed by atoms with Gasteiger partial charge in [-0.2, -0.15) is 0 Å². The Balaban J connectivity index is 2.06. The predicted octanol–water partition coefficient (Wildman–Crippen LogP) is 3.19. The highest BCUT2D eigenvalue weighted by Gasteiger charge is 2.20. The highest BCUT2D eigenvalue weighted by atomic mass is 16.3. The van der Waals surface area contributed by atoms with Crippen molar-refractivity contribution in [3.8, 4) is 5.88 Å². The number of benzene rings is 1. The molecule has 87 valence electrons. The average molecular weight is 227 g/mol. The van der Waals surface area contributed by atoms with E-state index < -0.39 is 0 Å². The molecule has 0 amide bonds. The number of nitrogens with zero attached hydrogens (tertiary/aromatic N) is 1. The van der Waals surface area contributed by atoms with Gasteiger partial charge >= 0.3 is 0 Å². The van der Waals surface area contributed by atoms with Crippen LogP contribution in [-0.2, 0) is 5.11 Å². The number of nitrogens with one attached hydrogen (secondary N) is 1. The van der Waals surface area contributed by atoms with Gasteiger partial charge in [-0.15, -0.1) is 0 Å². The lowest BCUT2D eigenvalue weighted by atomic mass is 9.97. The van der Waals surface area contributed by atoms with E-state index in [2.05, 4.69) is 10.3 Å². The first-order chi connectivity index (χ1) is 8.34. The van der Waals surface area contributed by atoms with Crippen LogP contribution in [0.2, 0.25) is 0 Å². The second kappa shape index (κ2) is 4.34. The Bertz CT molecular complexity index is 533. The maximum absolute atomic E-state index is 12.0. The first-order valence-corrected chi connectivity index (χ1v) is 6.15. The van der Waals surface area contributed by atoms with Crippen molar-refractivity contribution in [3.63, 3.8) is 0 Å². The predicted molar refractivity (Wildman–Crippen MR) is 66.5 cm³/mol. The molecule has 3 nitrogen and oxygen atoms in total. The van der Waals surface area contributed by atoms with E-state index in [9.17, 15) is 5.11 Å². The van der Waals surface area contributed by atoms with Gasteiger partial charge in [0, 0.05) is 17.0 Å². The van der Waals surface area contributed by atoms with E-state index in [4.69, 9.17) is 0 Å². The minimum absolute atomic E-state index is 0.0805. The molecule has 1 radical (unpaired) electrons. The first kappa shape index (κ1) is 10.5. The molecule has 0 saturated carbocycles. The van der Waals surface area contributed by atoms with Gasteiger partial charge in [0.15, 0.2) is 0 Å². The quantitative estimate of drug-likeness (QED) is 0.813. The van der Waals surface area contributed by atoms with Crippen molar-refractivity contribution >= 4 is 10.9 Å². The van der Waals surface area contributed by atoms with Crippen LogP contribution in [0.3, 0.4) is 0 Å². The fourth-order valence-corrected chi connectivity index (χ4v) is 2.48. The van der Waals surface area contributed by atoms with Gasteiger partial charge in [-0.1, -0.05) is 24.6 Å². The lowest BCUT2D eigenvalue weighted by Crippen LogP contribution is -2.26. The lowest BCUT2D eigenvalue weighted by molar-refractivity contribution is 0.318. The van der Waals surface area contributed by atoms with Crippen LogP contribution in [0.5, 0.6) is 5.88 Å². The molecule has 17 heavy (non-hydrogen) atoms. The summed E-state index contributed by atoms with van der Waals surface area (Å²) in [5.74, 6) is -0.0805. The Labute approximate surface area is 100 Å². The molecule has 0 spiro atoms. The van der Waals surface area contributed by atoms with Crippen LogP contribution in [0.4, 0.5) is 0 Å². The van der Waals surface area contributed by atoms with E-state index in [0.29, 0.717) is 0 Å². The van der Waals surface area contributed by atoms with E-state index in [1.165, 1.54) is 12.8 Å². The van der Waals surface area contributed by atoms with Crippen LogP contribution in [0.25, 0.3) is 10.9 Å². The summed E-state index contributed by atoms with van der Waals surface area (Å²) < 4.78 is 0. The number of aromatic nitrogens is 1. The zero-order valence-corrected chi connectivity index (χ0v) is 9.65. The summed E-state index contributed by atoms with van der Waals surface area (Å²) in [6.45, 7) is 0.997. The number of para-hydroxylation sites is 1. The Morgan fingerprint density at radius 2 is 2.12 bits per heavy atom. The number of rotatable bonds is 1. The van der Waals surface area contributed by atoms with Crippen molar-refractivity contribution in [3.05, 3.63) is 35.9 Å². The fourth-order valence-electron chi connectivity index (χ4n) is 2.48. The zero-order valence-electron chi connectivity index (χ0n) is 9.65. The van der Waals surface area contributed by atoms with Crippen molar-refractivity contribution < 1.29 is 5.11 Å². The van der Waals surface area contributed by atoms with Crippen LogP contribution < -0.4 is 5.32 Å². The summed E-state index contributed by atoms with van der Waals surface area (Å²) in [7, 11) is 0. The van der Waals surface area contributed by atoms with E-state index in [-0.39, 0.29) is 11.9 Å². The molecule has 1 aliphatic rings. The minimum Gasteiger partial charge on any atom is -0.310 e. The lowest BCUT2D eigenvalue weighted by Gasteiger charge is -2.23. The molecule has 1 saturated heterocycles. The molecule has 3 heteroatoms. The largest absolute Gasteiger partial charge is 0.310 e. The second-order valence-corrected chi connectivity index (χ2v) is 4.58. The van der Waals surface area contributed by atoms with Crippen molar-refractivity contribution in [2.45, 2.75) is 25.3 Å². The van der Waals surface area contributed by atoms with E-state index in [1.54, 1.807) is 0 Å². The standard InChI is InChI=1S/C14H15N2O/c17-14-11(13-7-3-4-8-15-13)9-10-5-1-2-6-12(10)16-14/h1-2,5-6,9,13,15H,3-4,7-8H2. The third-order valence-electron chi connectivity index (χ3n) is 3.40. The van der Waals surface area contributed by atoms with Crippen LogP contribution in [0.1, 0.15) is 30.9 Å². The van der Waals surface area contributed by atoms with Crippen molar-refractivity contribution in [1.29, 1.82) is 0 Å². The number of pyridine rings is 1. The normalized spacial score (nSPS) is 20.6. The molecule has 1 aromatic carbocycles. The van der Waals surface area contributed by atoms with Gasteiger partial charge in [0.25, 0.3) is 5.88 Å². The van der Waals surface area contributed by atoms with Gasteiger partial charge in [0.2, 0.25) is 0 Å². The molecular weight excluding hydrogens is 212 g/mol. The Hall–Kier alpha value is -1.61. The SMILES string of the molecule is [O]c1nc2ccccc2cc1C1CCCCN1. The summed E-state index contributed by atoms with van der Waals surface area (Å²) in [6, 6.07) is 9.96. The number of piperidine rings is 1. The van der Waals surface area contributed by atoms with Gasteiger partial charge < -0.3 is 5.32 Å². The maximum Gasteiger partial charge on any atom is 0.275 e. The van der Waals surface area contributed by atoms with Crippen molar-refractivity contribution in [2.24, 2.45) is 0 Å². The van der Waals surface area contributed by atoms with Gasteiger partial charge in [0.05, 0.1) is 5.52 Å². The summed E-state index contributed by atoms with van der Waals surface area (Å²) in [4.78, 5) is 4.16. The minimum atomic E-state index is -0.0805. The van der Waals surface area contributed by atoms with Crippen LogP contribution >= 0.6 is 0 Å². The summed E-state index contributed by atoms with van der Waals surface area (Å²) >= 11 is 0. The number of hydrogen-bond acceptors (Lipinski definition) is 2. The second-order valence-electron chi connectivity index (χ2n) is 4.58. The van der Waals surface area contributed by atoms with E-state index in [0.717, 1.165) is 29.4 Å². The summed E-state index contributed by atoms with van der Waals surface area (Å²) in [6.07, 6.45) is 3.42. The summed E-state index contributed by atoms with van der Waals surface area (Å²) in [5, 5.41) is 16.4. The van der Waals surface area contributed by atoms with Gasteiger partial charge in [-0.25, -0.2) is 4.98 Å². The molecule has 1 fully saturated rings. The molecule has 1 unspecified atom stereocenters. The molecule has 2 heterocycles. The first-order valence-electron chi connectivity index (χ1n) is 6.15. The number of fused-ring (bicyclic) bond motifs is 1. The molecule has 1 N–H and O–H groups in total. The molecule has 0 aliphatic carbocycles. The highest BCUT2D eigenvalue weighted by molar-refractivity contribution is 5.80. The zero-order chi connectivity index (χ0) is 11.7. The van der Waals surface area contributed by atoms with Gasteiger partial charge in [0.1, 0.15) is 0 Å². The molecule has 1 aliphatic heterocycles.